The summed E-state index contributed by atoms with van der Waals surface area (Å²) in [6, 6.07) is 0. The Hall–Kier alpha value is -0.250. The van der Waals surface area contributed by atoms with Gasteiger partial charge < -0.3 is 5.32 Å². The molecule has 0 atom stereocenters. The van der Waals surface area contributed by atoms with E-state index in [1.54, 1.807) is 0 Å². The minimum absolute atomic E-state index is 0.00833. The molecule has 0 aromatic heterocycles. The van der Waals surface area contributed by atoms with E-state index in [1.165, 1.54) is 0 Å². The lowest BCUT2D eigenvalue weighted by atomic mass is 9.95. The highest BCUT2D eigenvalue weighted by Crippen LogP contribution is 2.21. The molecule has 0 aliphatic heterocycles. The van der Waals surface area contributed by atoms with Crippen LogP contribution in [0.4, 0.5) is 13.2 Å². The van der Waals surface area contributed by atoms with Gasteiger partial charge >= 0.3 is 6.18 Å². The first-order valence-electron chi connectivity index (χ1n) is 5.15. The number of nitrogens with one attached hydrogen (secondary N) is 1. The van der Waals surface area contributed by atoms with Gasteiger partial charge in [0.2, 0.25) is 0 Å². The van der Waals surface area contributed by atoms with E-state index in [4.69, 9.17) is 0 Å². The summed E-state index contributed by atoms with van der Waals surface area (Å²) in [5, 5.41) is 3.17. The molecule has 14 heavy (non-hydrogen) atoms. The molecule has 0 fully saturated rings. The zero-order valence-electron chi connectivity index (χ0n) is 9.17. The van der Waals surface area contributed by atoms with Gasteiger partial charge in [-0.2, -0.15) is 13.2 Å². The average molecular weight is 211 g/mol. The fraction of sp³-hybridized carbons (Fsp3) is 1.00. The normalized spacial score (nSPS) is 13.3. The smallest absolute Gasteiger partial charge is 0.312 e. The molecular formula is C10H20F3N. The summed E-state index contributed by atoms with van der Waals surface area (Å²) in [6.07, 6.45) is -2.66. The van der Waals surface area contributed by atoms with Crippen LogP contribution < -0.4 is 5.32 Å². The number of hydrogen-bond donors (Lipinski definition) is 1. The Morgan fingerprint density at radius 3 is 1.93 bits per heavy atom. The fourth-order valence-electron chi connectivity index (χ4n) is 1.18. The SMILES string of the molecule is CCC(C)(CC)NCCCC(F)(F)F. The quantitative estimate of drug-likeness (QED) is 0.663. The van der Waals surface area contributed by atoms with Gasteiger partial charge in [0.1, 0.15) is 0 Å². The molecule has 0 saturated carbocycles. The Labute approximate surface area is 84.1 Å². The lowest BCUT2D eigenvalue weighted by Gasteiger charge is -2.28. The van der Waals surface area contributed by atoms with Gasteiger partial charge in [0, 0.05) is 12.0 Å². The van der Waals surface area contributed by atoms with Crippen LogP contribution in [0.15, 0.2) is 0 Å². The van der Waals surface area contributed by atoms with Crippen molar-refractivity contribution in [3.63, 3.8) is 0 Å². The Morgan fingerprint density at radius 2 is 1.57 bits per heavy atom. The van der Waals surface area contributed by atoms with Crippen molar-refractivity contribution in [1.29, 1.82) is 0 Å². The van der Waals surface area contributed by atoms with Gasteiger partial charge in [0.05, 0.1) is 0 Å². The topological polar surface area (TPSA) is 12.0 Å². The number of halogens is 3. The highest BCUT2D eigenvalue weighted by Gasteiger charge is 2.26. The Morgan fingerprint density at radius 1 is 1.07 bits per heavy atom. The van der Waals surface area contributed by atoms with E-state index in [0.29, 0.717) is 6.54 Å². The van der Waals surface area contributed by atoms with Crippen molar-refractivity contribution in [1.82, 2.24) is 5.32 Å². The third-order valence-corrected chi connectivity index (χ3v) is 2.75. The lowest BCUT2D eigenvalue weighted by Crippen LogP contribution is -2.41. The molecule has 0 amide bonds. The van der Waals surface area contributed by atoms with E-state index in [2.05, 4.69) is 5.32 Å². The van der Waals surface area contributed by atoms with Crippen LogP contribution in [-0.2, 0) is 0 Å². The van der Waals surface area contributed by atoms with Crippen LogP contribution in [0, 0.1) is 0 Å². The number of hydrogen-bond acceptors (Lipinski definition) is 1. The molecular weight excluding hydrogens is 191 g/mol. The molecule has 0 aromatic carbocycles. The maximum atomic E-state index is 11.8. The van der Waals surface area contributed by atoms with Crippen molar-refractivity contribution in [2.24, 2.45) is 0 Å². The molecule has 4 heteroatoms. The standard InChI is InChI=1S/C10H20F3N/c1-4-9(3,5-2)14-8-6-7-10(11,12)13/h14H,4-8H2,1-3H3. The van der Waals surface area contributed by atoms with Crippen LogP contribution in [0.25, 0.3) is 0 Å². The maximum Gasteiger partial charge on any atom is 0.389 e. The van der Waals surface area contributed by atoms with Crippen LogP contribution in [0.5, 0.6) is 0 Å². The third kappa shape index (κ3) is 6.24. The molecule has 1 nitrogen and oxygen atoms in total. The van der Waals surface area contributed by atoms with Gasteiger partial charge in [-0.3, -0.25) is 0 Å². The van der Waals surface area contributed by atoms with Crippen molar-refractivity contribution in [2.75, 3.05) is 6.54 Å². The van der Waals surface area contributed by atoms with Crippen molar-refractivity contribution >= 4 is 0 Å². The van der Waals surface area contributed by atoms with Gasteiger partial charge in [-0.25, -0.2) is 0 Å². The Balaban J connectivity index is 3.63. The number of alkyl halides is 3. The van der Waals surface area contributed by atoms with Gasteiger partial charge in [-0.05, 0) is 32.7 Å². The highest BCUT2D eigenvalue weighted by molar-refractivity contribution is 4.79. The summed E-state index contributed by atoms with van der Waals surface area (Å²) < 4.78 is 35.4. The summed E-state index contributed by atoms with van der Waals surface area (Å²) in [5.41, 5.74) is -0.00833. The van der Waals surface area contributed by atoms with Gasteiger partial charge in [-0.15, -0.1) is 0 Å². The first-order chi connectivity index (χ1) is 6.33. The molecule has 0 unspecified atom stereocenters. The van der Waals surface area contributed by atoms with Crippen LogP contribution in [-0.4, -0.2) is 18.3 Å². The van der Waals surface area contributed by atoms with E-state index >= 15 is 0 Å². The summed E-state index contributed by atoms with van der Waals surface area (Å²) in [4.78, 5) is 0. The predicted molar refractivity (Wildman–Crippen MR) is 52.3 cm³/mol. The van der Waals surface area contributed by atoms with Crippen LogP contribution in [0.3, 0.4) is 0 Å². The molecule has 0 radical (unpaired) electrons. The summed E-state index contributed by atoms with van der Waals surface area (Å²) >= 11 is 0. The van der Waals surface area contributed by atoms with Crippen LogP contribution in [0.2, 0.25) is 0 Å². The van der Waals surface area contributed by atoms with Crippen molar-refractivity contribution in [3.8, 4) is 0 Å². The van der Waals surface area contributed by atoms with E-state index in [1.807, 2.05) is 20.8 Å². The summed E-state index contributed by atoms with van der Waals surface area (Å²) in [7, 11) is 0. The lowest BCUT2D eigenvalue weighted by molar-refractivity contribution is -0.135. The molecule has 0 aromatic rings. The third-order valence-electron chi connectivity index (χ3n) is 2.75. The molecule has 86 valence electrons. The van der Waals surface area contributed by atoms with Gasteiger partial charge in [0.15, 0.2) is 0 Å². The first kappa shape index (κ1) is 13.8. The van der Waals surface area contributed by atoms with Gasteiger partial charge in [0.25, 0.3) is 0 Å². The second-order valence-electron chi connectivity index (χ2n) is 3.91. The average Bonchev–Trinajstić information content (AvgIpc) is 2.11. The van der Waals surface area contributed by atoms with E-state index in [0.717, 1.165) is 12.8 Å². The van der Waals surface area contributed by atoms with Gasteiger partial charge in [-0.1, -0.05) is 13.8 Å². The second-order valence-corrected chi connectivity index (χ2v) is 3.91. The summed E-state index contributed by atoms with van der Waals surface area (Å²) in [5.74, 6) is 0. The molecule has 0 aliphatic rings. The zero-order valence-corrected chi connectivity index (χ0v) is 9.17. The Bertz CT molecular complexity index is 150. The van der Waals surface area contributed by atoms with Crippen LogP contribution in [0.1, 0.15) is 46.5 Å². The Kier molecular flexibility index (Phi) is 5.49. The zero-order chi connectivity index (χ0) is 11.2. The van der Waals surface area contributed by atoms with Crippen molar-refractivity contribution < 1.29 is 13.2 Å². The minimum Gasteiger partial charge on any atom is -0.312 e. The van der Waals surface area contributed by atoms with E-state index in [9.17, 15) is 13.2 Å². The molecule has 0 bridgehead atoms. The monoisotopic (exact) mass is 211 g/mol. The summed E-state index contributed by atoms with van der Waals surface area (Å²) in [6.45, 7) is 6.57. The molecule has 1 N–H and O–H groups in total. The molecule has 0 saturated heterocycles. The molecule has 0 aliphatic carbocycles. The van der Waals surface area contributed by atoms with E-state index in [-0.39, 0.29) is 12.0 Å². The largest absolute Gasteiger partial charge is 0.389 e. The van der Waals surface area contributed by atoms with E-state index < -0.39 is 12.6 Å². The predicted octanol–water partition coefficient (Wildman–Crippen LogP) is 3.50. The van der Waals surface area contributed by atoms with Crippen LogP contribution >= 0.6 is 0 Å². The van der Waals surface area contributed by atoms with Crippen molar-refractivity contribution in [3.05, 3.63) is 0 Å². The minimum atomic E-state index is -4.02. The second kappa shape index (κ2) is 5.59. The molecule has 0 heterocycles. The number of rotatable bonds is 6. The fourth-order valence-corrected chi connectivity index (χ4v) is 1.18. The highest BCUT2D eigenvalue weighted by atomic mass is 19.4. The maximum absolute atomic E-state index is 11.8. The first-order valence-corrected chi connectivity index (χ1v) is 5.15. The van der Waals surface area contributed by atoms with Crippen molar-refractivity contribution in [2.45, 2.75) is 58.2 Å². The molecule has 0 spiro atoms. The molecule has 0 rings (SSSR count).